The van der Waals surface area contributed by atoms with Crippen LogP contribution < -0.4 is 0 Å². The Morgan fingerprint density at radius 2 is 0.355 bits per heavy atom. The molecule has 0 saturated heterocycles. The van der Waals surface area contributed by atoms with E-state index in [1.54, 1.807) is 0 Å². The van der Waals surface area contributed by atoms with E-state index in [2.05, 4.69) is 0 Å². The van der Waals surface area contributed by atoms with E-state index in [1.165, 1.54) is 0 Å². The molecule has 0 saturated carbocycles. The molecule has 0 spiro atoms. The van der Waals surface area contributed by atoms with Crippen molar-refractivity contribution < 1.29 is 95.3 Å². The molecule has 0 radical (unpaired) electrons. The second kappa shape index (κ2) is 36.9. The molecule has 76 heavy (non-hydrogen) atoms. The Morgan fingerprint density at radius 3 is 0.487 bits per heavy atom. The van der Waals surface area contributed by atoms with Crippen LogP contribution in [-0.2, 0) is 95.3 Å². The Morgan fingerprint density at radius 1 is 0.224 bits per heavy atom. The molecular formula is C54H84O20Sn2. The predicted octanol–water partition coefficient (Wildman–Crippen LogP) is 7.98. The van der Waals surface area contributed by atoms with Crippen LogP contribution in [0.15, 0.2) is 51.8 Å². The summed E-state index contributed by atoms with van der Waals surface area (Å²) < 4.78 is 55.1. The van der Waals surface area contributed by atoms with Gasteiger partial charge in [0.05, 0.1) is 0 Å². The van der Waals surface area contributed by atoms with Gasteiger partial charge in [0.15, 0.2) is 0 Å². The molecule has 20 nitrogen and oxygen atoms in total. The third-order valence-corrected chi connectivity index (χ3v) is 44.4. The predicted molar refractivity (Wildman–Crippen MR) is 285 cm³/mol. The van der Waals surface area contributed by atoms with Crippen molar-refractivity contribution in [3.8, 4) is 0 Å². The summed E-state index contributed by atoms with van der Waals surface area (Å²) in [7, 11) is 8.93. The number of unbranched alkanes of at least 4 members (excludes halogenated alkanes) is 6. The van der Waals surface area contributed by atoms with Crippen molar-refractivity contribution >= 4 is 96.4 Å². The van der Waals surface area contributed by atoms with Crippen LogP contribution in [0.25, 0.3) is 0 Å². The monoisotopic (exact) mass is 1290 g/mol. The minimum atomic E-state index is -4.61. The normalized spacial score (nSPS) is 13.2. The number of rotatable bonds is 34. The van der Waals surface area contributed by atoms with Crippen molar-refractivity contribution in [1.82, 2.24) is 0 Å². The van der Waals surface area contributed by atoms with Gasteiger partial charge in [-0.2, -0.15) is 0 Å². The first kappa shape index (κ1) is 71.0. The quantitative estimate of drug-likeness (QED) is 0.0194. The van der Waals surface area contributed by atoms with Gasteiger partial charge in [-0.25, -0.2) is 0 Å². The second-order valence-corrected chi connectivity index (χ2v) is 43.9. The summed E-state index contributed by atoms with van der Waals surface area (Å²) in [6.45, 7) is 11.6. The van der Waals surface area contributed by atoms with Gasteiger partial charge in [-0.05, 0) is 0 Å². The second-order valence-electron chi connectivity index (χ2n) is 17.8. The summed E-state index contributed by atoms with van der Waals surface area (Å²) in [5.74, 6) is -14.8. The van der Waals surface area contributed by atoms with Crippen LogP contribution in [-0.4, -0.2) is 168 Å². The van der Waals surface area contributed by atoms with E-state index in [4.69, 9.17) is 47.4 Å². The number of hydrogen-bond acceptors (Lipinski definition) is 20. The third-order valence-electron chi connectivity index (χ3n) is 13.3. The van der Waals surface area contributed by atoms with Crippen LogP contribution in [0.3, 0.4) is 0 Å². The molecule has 0 heterocycles. The Labute approximate surface area is 457 Å². The molecule has 0 rings (SSSR count). The fraction of sp³-hybridized carbons (Fsp3) is 0.630. The summed E-state index contributed by atoms with van der Waals surface area (Å²) in [4.78, 5) is 149. The summed E-state index contributed by atoms with van der Waals surface area (Å²) >= 11 is -9.21. The van der Waals surface area contributed by atoms with Crippen molar-refractivity contribution in [2.24, 2.45) is 0 Å². The number of carbonyl (C=O) groups excluding carboxylic acids is 10. The average molecular weight is 1290 g/mol. The van der Waals surface area contributed by atoms with Crippen LogP contribution >= 0.6 is 0 Å². The fourth-order valence-electron chi connectivity index (χ4n) is 9.41. The summed E-state index contributed by atoms with van der Waals surface area (Å²) in [6, 6.07) is 0. The summed E-state index contributed by atoms with van der Waals surface area (Å²) in [5.41, 5.74) is -9.58. The van der Waals surface area contributed by atoms with Gasteiger partial charge in [0.1, 0.15) is 0 Å². The maximum absolute atomic E-state index is 15.0. The molecule has 0 aromatic heterocycles. The maximum atomic E-state index is 15.0. The number of esters is 10. The molecular weight excluding hydrogens is 1210 g/mol. The Balaban J connectivity index is 11.8. The van der Waals surface area contributed by atoms with E-state index in [1.807, 2.05) is 41.5 Å². The van der Waals surface area contributed by atoms with Gasteiger partial charge in [-0.1, -0.05) is 0 Å². The zero-order valence-electron chi connectivity index (χ0n) is 47.9. The van der Waals surface area contributed by atoms with Gasteiger partial charge in [0, 0.05) is 0 Å². The molecule has 0 aliphatic carbocycles. The first-order chi connectivity index (χ1) is 36.2. The van der Waals surface area contributed by atoms with Crippen LogP contribution in [0.2, 0.25) is 26.6 Å². The zero-order chi connectivity index (χ0) is 58.3. The molecule has 0 aromatic rings. The van der Waals surface area contributed by atoms with Crippen molar-refractivity contribution in [3.63, 3.8) is 0 Å². The molecule has 428 valence electrons. The molecule has 0 atom stereocenters. The minimum absolute atomic E-state index is 0.252. The van der Waals surface area contributed by atoms with E-state index < -0.39 is 141 Å². The molecule has 0 unspecified atom stereocenters. The molecule has 0 N–H and O–H groups in total. The molecule has 0 aliphatic heterocycles. The van der Waals surface area contributed by atoms with Crippen LogP contribution in [0.1, 0.15) is 119 Å². The number of methoxy groups -OCH3 is 10. The number of carbonyl (C=O) groups is 10. The van der Waals surface area contributed by atoms with E-state index in [0.29, 0.717) is 104 Å². The number of hydrogen-bond donors (Lipinski definition) is 0. The zero-order valence-corrected chi connectivity index (χ0v) is 53.6. The first-order valence-electron chi connectivity index (χ1n) is 25.8. The Bertz CT molecular complexity index is 2050. The van der Waals surface area contributed by atoms with Crippen LogP contribution in [0.5, 0.6) is 0 Å². The van der Waals surface area contributed by atoms with Gasteiger partial charge >= 0.3 is 460 Å². The Hall–Kier alpha value is -5.00. The van der Waals surface area contributed by atoms with Crippen molar-refractivity contribution in [2.45, 2.75) is 145 Å². The van der Waals surface area contributed by atoms with E-state index in [-0.39, 0.29) is 7.18 Å². The van der Waals surface area contributed by atoms with E-state index >= 15 is 0 Å². The fourth-order valence-corrected chi connectivity index (χ4v) is 43.0. The molecule has 0 bridgehead atoms. The third kappa shape index (κ3) is 18.0. The van der Waals surface area contributed by atoms with Crippen LogP contribution in [0.4, 0.5) is 0 Å². The van der Waals surface area contributed by atoms with Gasteiger partial charge in [0.2, 0.25) is 0 Å². The molecule has 0 aromatic carbocycles. The van der Waals surface area contributed by atoms with Gasteiger partial charge in [0.25, 0.3) is 0 Å². The van der Waals surface area contributed by atoms with Crippen molar-refractivity contribution in [3.05, 3.63) is 51.8 Å². The van der Waals surface area contributed by atoms with Gasteiger partial charge in [-0.15, -0.1) is 0 Å². The summed E-state index contributed by atoms with van der Waals surface area (Å²) in [6.07, 6.45) is 7.27. The topological polar surface area (TPSA) is 263 Å². The average Bonchev–Trinajstić information content (AvgIpc) is 3.44. The molecule has 0 aliphatic rings. The first-order valence-corrected chi connectivity index (χ1v) is 40.7. The van der Waals surface area contributed by atoms with Crippen molar-refractivity contribution in [1.29, 1.82) is 0 Å². The standard InChI is InChI=1S/C30H30O20.6C4H9.2Sn/c1-41-15(31)11-13(23(33)43-3)17(25(35)45-5)19(27(37)47-7)21(29(39)49-9)22(30(40)50-10)20(28(38)48-8)18(26(36)46-6)14(24(34)44-4)12-16(32)42-2;6*1-3-4-2;;/h1-10H3;6*1,3-4H2,2H3;;/b13-11?,14-12?,19-17+,20-18+,22-21+;;;;;;;;. The molecule has 0 amide bonds. The SMILES string of the molecule is CCC[CH2][Sn]([CH2]CCC)([CH2]CCC)\[C](C(=O)OC)=C(C(=O)OC)/C(C(=O)OC)=C(C(=O)OC)/C(C(=O)OC)=C(C(=O)OC)/C(C(=O)OC)=C(C(=O)OC)/C(C(=O)OC)=[C](/C(=O)OC)[Sn]([CH2]CCC)([CH2]CCC)[CH2]CCC. The van der Waals surface area contributed by atoms with E-state index in [0.717, 1.165) is 71.1 Å². The Kier molecular flexibility index (Phi) is 34.5. The van der Waals surface area contributed by atoms with Gasteiger partial charge in [-0.3, -0.25) is 0 Å². The van der Waals surface area contributed by atoms with E-state index in [9.17, 15) is 47.9 Å². The van der Waals surface area contributed by atoms with Crippen LogP contribution in [0, 0.1) is 0 Å². The van der Waals surface area contributed by atoms with Crippen molar-refractivity contribution in [2.75, 3.05) is 71.1 Å². The molecule has 0 fully saturated rings. The summed E-state index contributed by atoms with van der Waals surface area (Å²) in [5, 5.41) is 0. The van der Waals surface area contributed by atoms with Gasteiger partial charge < -0.3 is 0 Å². The molecule has 22 heteroatoms. The number of ether oxygens (including phenoxy) is 10.